The molecule has 0 aliphatic heterocycles. The van der Waals surface area contributed by atoms with Crippen LogP contribution in [0.2, 0.25) is 0 Å². The first-order valence-corrected chi connectivity index (χ1v) is 6.08. The van der Waals surface area contributed by atoms with Crippen molar-refractivity contribution in [2.24, 2.45) is 0 Å². The normalized spacial score (nSPS) is 10.1. The van der Waals surface area contributed by atoms with Gasteiger partial charge in [0, 0.05) is 23.9 Å². The summed E-state index contributed by atoms with van der Waals surface area (Å²) in [6.07, 6.45) is 4.87. The number of imidazole rings is 1. The van der Waals surface area contributed by atoms with Crippen LogP contribution in [0.25, 0.3) is 0 Å². The number of carbonyl (C=O) groups is 1. The number of rotatable bonds is 4. The number of hydrogen-bond donors (Lipinski definition) is 3. The third kappa shape index (κ3) is 2.86. The number of amides is 1. The minimum absolute atomic E-state index is 0.192. The highest BCUT2D eigenvalue weighted by atomic mass is 79.9. The van der Waals surface area contributed by atoms with Crippen LogP contribution in [0.15, 0.2) is 29.3 Å². The average molecular weight is 310 g/mol. The number of aromatic amines is 1. The quantitative estimate of drug-likeness (QED) is 0.800. The third-order valence-corrected chi connectivity index (χ3v) is 2.76. The first-order valence-electron chi connectivity index (χ1n) is 5.29. The Morgan fingerprint density at radius 2 is 2.33 bits per heavy atom. The van der Waals surface area contributed by atoms with E-state index in [9.17, 15) is 4.79 Å². The molecule has 0 unspecified atom stereocenters. The molecule has 0 radical (unpaired) electrons. The lowest BCUT2D eigenvalue weighted by molar-refractivity contribution is 0.0951. The summed E-state index contributed by atoms with van der Waals surface area (Å²) in [5.74, 6) is 0.350. The Morgan fingerprint density at radius 1 is 1.50 bits per heavy atom. The first kappa shape index (κ1) is 12.6. The fourth-order valence-electron chi connectivity index (χ4n) is 1.46. The first-order chi connectivity index (χ1) is 8.70. The van der Waals surface area contributed by atoms with E-state index in [-0.39, 0.29) is 5.91 Å². The van der Waals surface area contributed by atoms with Gasteiger partial charge in [-0.2, -0.15) is 0 Å². The Morgan fingerprint density at radius 3 is 3.00 bits per heavy atom. The molecule has 2 heterocycles. The fraction of sp³-hybridized carbons (Fsp3) is 0.182. The van der Waals surface area contributed by atoms with Crippen LogP contribution in [-0.2, 0) is 6.54 Å². The molecule has 94 valence electrons. The third-order valence-electron chi connectivity index (χ3n) is 2.33. The van der Waals surface area contributed by atoms with E-state index >= 15 is 0 Å². The molecule has 0 spiro atoms. The highest BCUT2D eigenvalue weighted by molar-refractivity contribution is 9.10. The lowest BCUT2D eigenvalue weighted by atomic mass is 10.2. The summed E-state index contributed by atoms with van der Waals surface area (Å²) in [5, 5.41) is 5.68. The largest absolute Gasteiger partial charge is 0.372 e. The predicted molar refractivity (Wildman–Crippen MR) is 71.2 cm³/mol. The van der Waals surface area contributed by atoms with E-state index in [0.717, 1.165) is 10.2 Å². The number of nitrogens with zero attached hydrogens (tertiary/aromatic N) is 2. The van der Waals surface area contributed by atoms with E-state index in [0.29, 0.717) is 17.9 Å². The Balaban J connectivity index is 2.10. The molecular formula is C11H12BrN5O. The van der Waals surface area contributed by atoms with Gasteiger partial charge in [-0.1, -0.05) is 0 Å². The summed E-state index contributed by atoms with van der Waals surface area (Å²) in [4.78, 5) is 22.9. The molecule has 0 fully saturated rings. The molecule has 0 aliphatic rings. The molecule has 0 atom stereocenters. The molecule has 2 aromatic rings. The van der Waals surface area contributed by atoms with E-state index in [1.54, 1.807) is 31.8 Å². The van der Waals surface area contributed by atoms with Crippen molar-refractivity contribution in [3.8, 4) is 0 Å². The standard InChI is InChI=1S/C11H12BrN5O/c1-13-10-9(2-7(12)3-15-10)11(18)16-5-8-4-14-6-17-8/h2-4,6H,5H2,1H3,(H,13,15)(H,14,17)(H,16,18). The zero-order valence-electron chi connectivity index (χ0n) is 9.70. The summed E-state index contributed by atoms with van der Waals surface area (Å²) in [6, 6.07) is 1.72. The van der Waals surface area contributed by atoms with Crippen molar-refractivity contribution in [1.29, 1.82) is 0 Å². The van der Waals surface area contributed by atoms with E-state index in [1.165, 1.54) is 0 Å². The maximum atomic E-state index is 12.0. The highest BCUT2D eigenvalue weighted by Gasteiger charge is 2.12. The predicted octanol–water partition coefficient (Wildman–Crippen LogP) is 1.54. The van der Waals surface area contributed by atoms with Gasteiger partial charge in [0.2, 0.25) is 0 Å². The molecule has 0 bridgehead atoms. The Bertz CT molecular complexity index is 540. The number of nitrogens with one attached hydrogen (secondary N) is 3. The molecule has 0 saturated carbocycles. The molecule has 18 heavy (non-hydrogen) atoms. The summed E-state index contributed by atoms with van der Waals surface area (Å²) in [6.45, 7) is 0.397. The SMILES string of the molecule is CNc1ncc(Br)cc1C(=O)NCc1cnc[nH]1. The van der Waals surface area contributed by atoms with Crippen molar-refractivity contribution >= 4 is 27.7 Å². The number of carbonyl (C=O) groups excluding carboxylic acids is 1. The highest BCUT2D eigenvalue weighted by Crippen LogP contribution is 2.17. The van der Waals surface area contributed by atoms with E-state index in [1.807, 2.05) is 0 Å². The van der Waals surface area contributed by atoms with Crippen LogP contribution < -0.4 is 10.6 Å². The van der Waals surface area contributed by atoms with E-state index in [4.69, 9.17) is 0 Å². The molecule has 2 rings (SSSR count). The van der Waals surface area contributed by atoms with Crippen molar-refractivity contribution in [2.75, 3.05) is 12.4 Å². The van der Waals surface area contributed by atoms with Gasteiger partial charge in [-0.3, -0.25) is 4.79 Å². The van der Waals surface area contributed by atoms with Gasteiger partial charge >= 0.3 is 0 Å². The van der Waals surface area contributed by atoms with Crippen molar-refractivity contribution in [3.05, 3.63) is 40.5 Å². The monoisotopic (exact) mass is 309 g/mol. The summed E-state index contributed by atoms with van der Waals surface area (Å²) >= 11 is 3.30. The van der Waals surface area contributed by atoms with Crippen LogP contribution in [-0.4, -0.2) is 27.9 Å². The molecule has 1 amide bonds. The summed E-state index contributed by atoms with van der Waals surface area (Å²) < 4.78 is 0.758. The Labute approximate surface area is 112 Å². The van der Waals surface area contributed by atoms with Gasteiger partial charge in [0.15, 0.2) is 0 Å². The summed E-state index contributed by atoms with van der Waals surface area (Å²) in [7, 11) is 1.72. The second kappa shape index (κ2) is 5.63. The number of anilines is 1. The van der Waals surface area contributed by atoms with Crippen molar-refractivity contribution in [1.82, 2.24) is 20.3 Å². The topological polar surface area (TPSA) is 82.7 Å². The number of halogens is 1. The number of pyridine rings is 1. The Hall–Kier alpha value is -1.89. The van der Waals surface area contributed by atoms with E-state index in [2.05, 4.69) is 41.5 Å². The maximum Gasteiger partial charge on any atom is 0.255 e. The molecule has 0 aromatic carbocycles. The minimum Gasteiger partial charge on any atom is -0.372 e. The average Bonchev–Trinajstić information content (AvgIpc) is 2.89. The van der Waals surface area contributed by atoms with E-state index < -0.39 is 0 Å². The van der Waals surface area contributed by atoms with Crippen molar-refractivity contribution in [2.45, 2.75) is 6.54 Å². The van der Waals surface area contributed by atoms with Gasteiger partial charge < -0.3 is 15.6 Å². The summed E-state index contributed by atoms with van der Waals surface area (Å²) in [5.41, 5.74) is 1.34. The van der Waals surface area contributed by atoms with Gasteiger partial charge in [-0.15, -0.1) is 0 Å². The molecule has 3 N–H and O–H groups in total. The Kier molecular flexibility index (Phi) is 3.93. The smallest absolute Gasteiger partial charge is 0.255 e. The van der Waals surface area contributed by atoms with Gasteiger partial charge in [0.1, 0.15) is 5.82 Å². The number of aromatic nitrogens is 3. The van der Waals surface area contributed by atoms with Crippen LogP contribution in [0.4, 0.5) is 5.82 Å². The fourth-order valence-corrected chi connectivity index (χ4v) is 1.79. The minimum atomic E-state index is -0.192. The molecule has 2 aromatic heterocycles. The van der Waals surface area contributed by atoms with Gasteiger partial charge in [-0.05, 0) is 22.0 Å². The zero-order chi connectivity index (χ0) is 13.0. The lowest BCUT2D eigenvalue weighted by Gasteiger charge is -2.08. The molecule has 0 aliphatic carbocycles. The molecule has 6 nitrogen and oxygen atoms in total. The second-order valence-corrected chi connectivity index (χ2v) is 4.47. The van der Waals surface area contributed by atoms with Gasteiger partial charge in [0.25, 0.3) is 5.91 Å². The lowest BCUT2D eigenvalue weighted by Crippen LogP contribution is -2.24. The zero-order valence-corrected chi connectivity index (χ0v) is 11.3. The van der Waals surface area contributed by atoms with Crippen molar-refractivity contribution < 1.29 is 4.79 Å². The number of H-pyrrole nitrogens is 1. The molecular weight excluding hydrogens is 298 g/mol. The maximum absolute atomic E-state index is 12.0. The van der Waals surface area contributed by atoms with Gasteiger partial charge in [0.05, 0.1) is 24.1 Å². The molecule has 7 heteroatoms. The van der Waals surface area contributed by atoms with Crippen LogP contribution >= 0.6 is 15.9 Å². The van der Waals surface area contributed by atoms with Crippen LogP contribution in [0.1, 0.15) is 16.1 Å². The van der Waals surface area contributed by atoms with Crippen LogP contribution in [0.3, 0.4) is 0 Å². The van der Waals surface area contributed by atoms with Crippen LogP contribution in [0, 0.1) is 0 Å². The second-order valence-electron chi connectivity index (χ2n) is 3.56. The van der Waals surface area contributed by atoms with Crippen molar-refractivity contribution in [3.63, 3.8) is 0 Å². The van der Waals surface area contributed by atoms with Crippen LogP contribution in [0.5, 0.6) is 0 Å². The molecule has 0 saturated heterocycles. The van der Waals surface area contributed by atoms with Gasteiger partial charge in [-0.25, -0.2) is 9.97 Å². The number of hydrogen-bond acceptors (Lipinski definition) is 4.